The van der Waals surface area contributed by atoms with E-state index in [2.05, 4.69) is 22.0 Å². The van der Waals surface area contributed by atoms with Crippen LogP contribution >= 0.6 is 0 Å². The molecule has 20 heavy (non-hydrogen) atoms. The van der Waals surface area contributed by atoms with Gasteiger partial charge < -0.3 is 15.1 Å². The molecule has 1 aliphatic carbocycles. The van der Waals surface area contributed by atoms with Gasteiger partial charge in [0.1, 0.15) is 0 Å². The average Bonchev–Trinajstić information content (AvgIpc) is 3.30. The first-order valence-electron chi connectivity index (χ1n) is 8.53. The second kappa shape index (κ2) is 6.33. The minimum Gasteiger partial charge on any atom is -0.325 e. The van der Waals surface area contributed by atoms with Crippen LogP contribution in [0.3, 0.4) is 0 Å². The van der Waals surface area contributed by atoms with Gasteiger partial charge in [0.2, 0.25) is 0 Å². The van der Waals surface area contributed by atoms with Gasteiger partial charge in [0.25, 0.3) is 0 Å². The highest BCUT2D eigenvalue weighted by molar-refractivity contribution is 5.75. The Balaban J connectivity index is 1.56. The van der Waals surface area contributed by atoms with Gasteiger partial charge in [-0.05, 0) is 51.0 Å². The van der Waals surface area contributed by atoms with Gasteiger partial charge in [-0.15, -0.1) is 0 Å². The van der Waals surface area contributed by atoms with E-state index in [1.165, 1.54) is 44.9 Å². The summed E-state index contributed by atoms with van der Waals surface area (Å²) in [5.74, 6) is 0.786. The molecule has 2 heterocycles. The predicted molar refractivity (Wildman–Crippen MR) is 80.7 cm³/mol. The third-order valence-corrected chi connectivity index (χ3v) is 5.12. The predicted octanol–water partition coefficient (Wildman–Crippen LogP) is 2.44. The van der Waals surface area contributed by atoms with Crippen molar-refractivity contribution in [3.8, 4) is 0 Å². The summed E-state index contributed by atoms with van der Waals surface area (Å²) in [5, 5.41) is 3.58. The number of hydrogen-bond donors (Lipinski definition) is 1. The summed E-state index contributed by atoms with van der Waals surface area (Å²) in [6.45, 7) is 6.27. The zero-order chi connectivity index (χ0) is 13.9. The Morgan fingerprint density at radius 1 is 1.15 bits per heavy atom. The first kappa shape index (κ1) is 14.2. The number of rotatable bonds is 3. The fourth-order valence-corrected chi connectivity index (χ4v) is 3.47. The number of piperidine rings is 2. The lowest BCUT2D eigenvalue weighted by Crippen LogP contribution is -2.52. The summed E-state index contributed by atoms with van der Waals surface area (Å²) in [4.78, 5) is 17.1. The molecule has 0 radical (unpaired) electrons. The lowest BCUT2D eigenvalue weighted by Gasteiger charge is -2.37. The molecule has 1 atom stereocenters. The van der Waals surface area contributed by atoms with E-state index in [0.29, 0.717) is 18.1 Å². The van der Waals surface area contributed by atoms with Crippen LogP contribution in [-0.2, 0) is 0 Å². The van der Waals surface area contributed by atoms with Crippen molar-refractivity contribution in [2.45, 2.75) is 64.0 Å². The van der Waals surface area contributed by atoms with Crippen molar-refractivity contribution in [1.82, 2.24) is 15.1 Å². The Bertz CT molecular complexity index is 329. The molecular formula is C16H29N3O. The van der Waals surface area contributed by atoms with Gasteiger partial charge >= 0.3 is 6.03 Å². The van der Waals surface area contributed by atoms with E-state index in [-0.39, 0.29) is 0 Å². The fraction of sp³-hybridized carbons (Fsp3) is 0.938. The highest BCUT2D eigenvalue weighted by atomic mass is 16.2. The van der Waals surface area contributed by atoms with Crippen LogP contribution in [0.25, 0.3) is 0 Å². The van der Waals surface area contributed by atoms with Crippen LogP contribution < -0.4 is 5.32 Å². The maximum atomic E-state index is 12.8. The van der Waals surface area contributed by atoms with E-state index in [0.717, 1.165) is 32.1 Å². The number of urea groups is 1. The third kappa shape index (κ3) is 3.46. The van der Waals surface area contributed by atoms with Crippen molar-refractivity contribution in [1.29, 1.82) is 0 Å². The van der Waals surface area contributed by atoms with Crippen molar-refractivity contribution < 1.29 is 4.79 Å². The summed E-state index contributed by atoms with van der Waals surface area (Å²) >= 11 is 0. The van der Waals surface area contributed by atoms with Crippen LogP contribution in [0.15, 0.2) is 0 Å². The van der Waals surface area contributed by atoms with Crippen LogP contribution in [0.1, 0.15) is 51.9 Å². The van der Waals surface area contributed by atoms with Gasteiger partial charge in [0.05, 0.1) is 0 Å². The van der Waals surface area contributed by atoms with Crippen molar-refractivity contribution in [2.75, 3.05) is 26.2 Å². The molecule has 1 saturated carbocycles. The summed E-state index contributed by atoms with van der Waals surface area (Å²) in [6, 6.07) is 1.37. The second-order valence-electron chi connectivity index (χ2n) is 6.98. The van der Waals surface area contributed by atoms with Crippen LogP contribution in [-0.4, -0.2) is 54.1 Å². The molecule has 4 heteroatoms. The van der Waals surface area contributed by atoms with Crippen LogP contribution in [0.4, 0.5) is 4.79 Å². The molecule has 0 bridgehead atoms. The van der Waals surface area contributed by atoms with E-state index in [4.69, 9.17) is 0 Å². The number of hydrogen-bond acceptors (Lipinski definition) is 2. The summed E-state index contributed by atoms with van der Waals surface area (Å²) in [7, 11) is 0. The Hall–Kier alpha value is -0.770. The molecule has 114 valence electrons. The van der Waals surface area contributed by atoms with E-state index >= 15 is 0 Å². The summed E-state index contributed by atoms with van der Waals surface area (Å²) in [6.07, 6.45) is 8.60. The molecule has 1 N–H and O–H groups in total. The molecule has 0 aromatic heterocycles. The molecule has 4 nitrogen and oxygen atoms in total. The molecule has 2 saturated heterocycles. The van der Waals surface area contributed by atoms with Crippen molar-refractivity contribution in [2.24, 2.45) is 5.92 Å². The number of likely N-dealkylation sites (tertiary alicyclic amines) is 1. The minimum atomic E-state index is 0.312. The number of amides is 2. The number of carbonyl (C=O) groups excluding carboxylic acids is 1. The molecule has 0 spiro atoms. The van der Waals surface area contributed by atoms with Gasteiger partial charge in [-0.1, -0.05) is 13.3 Å². The zero-order valence-corrected chi connectivity index (χ0v) is 12.8. The van der Waals surface area contributed by atoms with Gasteiger partial charge in [-0.3, -0.25) is 0 Å². The average molecular weight is 279 g/mol. The van der Waals surface area contributed by atoms with Crippen LogP contribution in [0.5, 0.6) is 0 Å². The van der Waals surface area contributed by atoms with Crippen molar-refractivity contribution in [3.63, 3.8) is 0 Å². The smallest absolute Gasteiger partial charge is 0.320 e. The Morgan fingerprint density at radius 3 is 2.50 bits per heavy atom. The highest BCUT2D eigenvalue weighted by Gasteiger charge is 2.36. The van der Waals surface area contributed by atoms with Gasteiger partial charge in [-0.25, -0.2) is 4.79 Å². The van der Waals surface area contributed by atoms with E-state index in [9.17, 15) is 4.79 Å². The van der Waals surface area contributed by atoms with E-state index in [1.54, 1.807) is 0 Å². The minimum absolute atomic E-state index is 0.312. The maximum absolute atomic E-state index is 12.8. The first-order valence-corrected chi connectivity index (χ1v) is 8.53. The van der Waals surface area contributed by atoms with E-state index in [1.807, 2.05) is 0 Å². The van der Waals surface area contributed by atoms with Crippen molar-refractivity contribution in [3.05, 3.63) is 0 Å². The fourth-order valence-electron chi connectivity index (χ4n) is 3.47. The number of nitrogens with one attached hydrogen (secondary N) is 1. The lowest BCUT2D eigenvalue weighted by atomic mass is 9.99. The van der Waals surface area contributed by atoms with Gasteiger partial charge in [0.15, 0.2) is 0 Å². The highest BCUT2D eigenvalue weighted by Crippen LogP contribution is 2.29. The molecule has 3 aliphatic rings. The van der Waals surface area contributed by atoms with Crippen LogP contribution in [0, 0.1) is 5.92 Å². The topological polar surface area (TPSA) is 35.6 Å². The monoisotopic (exact) mass is 279 g/mol. The largest absolute Gasteiger partial charge is 0.325 e. The van der Waals surface area contributed by atoms with E-state index < -0.39 is 0 Å². The van der Waals surface area contributed by atoms with Crippen molar-refractivity contribution >= 4 is 6.03 Å². The standard InChI is InChI=1S/C16H29N3O/c1-13-7-10-18(11-8-13)16(20)19(15-5-6-15)12-14-4-2-3-9-17-14/h13-15,17H,2-12H2,1H3. The molecule has 3 rings (SSSR count). The number of nitrogens with zero attached hydrogens (tertiary/aromatic N) is 2. The third-order valence-electron chi connectivity index (χ3n) is 5.12. The first-order chi connectivity index (χ1) is 9.74. The van der Waals surface area contributed by atoms with Gasteiger partial charge in [0, 0.05) is 31.7 Å². The summed E-state index contributed by atoms with van der Waals surface area (Å²) in [5.41, 5.74) is 0. The molecule has 2 aliphatic heterocycles. The zero-order valence-electron chi connectivity index (χ0n) is 12.8. The quantitative estimate of drug-likeness (QED) is 0.861. The molecule has 0 aromatic carbocycles. The molecule has 2 amide bonds. The lowest BCUT2D eigenvalue weighted by molar-refractivity contribution is 0.125. The number of carbonyl (C=O) groups is 1. The summed E-state index contributed by atoms with van der Waals surface area (Å²) < 4.78 is 0. The maximum Gasteiger partial charge on any atom is 0.320 e. The van der Waals surface area contributed by atoms with Crippen LogP contribution in [0.2, 0.25) is 0 Å². The Kier molecular flexibility index (Phi) is 4.49. The SMILES string of the molecule is CC1CCN(C(=O)N(CC2CCCCN2)C2CC2)CC1. The molecular weight excluding hydrogens is 250 g/mol. The molecule has 1 unspecified atom stereocenters. The Labute approximate surface area is 122 Å². The molecule has 3 fully saturated rings. The molecule has 0 aromatic rings. The normalized spacial score (nSPS) is 28.4. The van der Waals surface area contributed by atoms with Gasteiger partial charge in [-0.2, -0.15) is 0 Å². The Morgan fingerprint density at radius 2 is 1.90 bits per heavy atom. The second-order valence-corrected chi connectivity index (χ2v) is 6.98.